The van der Waals surface area contributed by atoms with Gasteiger partial charge in [-0.1, -0.05) is 34.6 Å². The summed E-state index contributed by atoms with van der Waals surface area (Å²) in [6.07, 6.45) is 5.60. The lowest BCUT2D eigenvalue weighted by atomic mass is 9.78. The molecule has 29 unspecified atom stereocenters. The van der Waals surface area contributed by atoms with E-state index >= 15 is 0 Å². The molecule has 7 saturated heterocycles. The van der Waals surface area contributed by atoms with Crippen LogP contribution in [0.3, 0.4) is 0 Å². The van der Waals surface area contributed by atoms with E-state index in [1.54, 1.807) is 27.7 Å². The van der Waals surface area contributed by atoms with Gasteiger partial charge in [0.2, 0.25) is 0 Å². The van der Waals surface area contributed by atoms with E-state index in [4.69, 9.17) is 71.1 Å². The van der Waals surface area contributed by atoms with E-state index < -0.39 is 153 Å². The summed E-state index contributed by atoms with van der Waals surface area (Å²) in [4.78, 5) is 172. The Morgan fingerprint density at radius 1 is 0.342 bits per heavy atom. The van der Waals surface area contributed by atoms with Crippen LogP contribution in [0, 0.1) is 128 Å². The Morgan fingerprint density at radius 3 is 0.947 bits per heavy atom. The van der Waals surface area contributed by atoms with E-state index in [1.165, 1.54) is 7.11 Å². The molecule has 7 aliphatic heterocycles. The second kappa shape index (κ2) is 31.8. The molecule has 16 fully saturated rings. The summed E-state index contributed by atoms with van der Waals surface area (Å²) in [5.41, 5.74) is -3.52. The van der Waals surface area contributed by atoms with Gasteiger partial charge in [0.1, 0.15) is 66.6 Å². The lowest BCUT2D eigenvalue weighted by Gasteiger charge is -2.33. The minimum Gasteiger partial charge on any atom is -0.469 e. The first kappa shape index (κ1) is 85.9. The molecule has 16 rings (SSSR count). The molecule has 9 saturated carbocycles. The van der Waals surface area contributed by atoms with Crippen molar-refractivity contribution in [3.05, 3.63) is 0 Å². The van der Waals surface area contributed by atoms with Gasteiger partial charge < -0.3 is 71.1 Å². The van der Waals surface area contributed by atoms with Crippen LogP contribution in [0.5, 0.6) is 0 Å². The summed E-state index contributed by atoms with van der Waals surface area (Å²) in [6.45, 7) is 35.4. The molecule has 0 radical (unpaired) electrons. The van der Waals surface area contributed by atoms with Gasteiger partial charge in [-0.2, -0.15) is 0 Å². The highest BCUT2D eigenvalue weighted by atomic mass is 16.7. The summed E-state index contributed by atoms with van der Waals surface area (Å²) in [6, 6.07) is 0. The number of fused-ring (bicyclic) bond motifs is 5. The number of rotatable bonds is 21. The summed E-state index contributed by atoms with van der Waals surface area (Å²) >= 11 is 0. The molecule has 0 spiro atoms. The van der Waals surface area contributed by atoms with E-state index in [0.29, 0.717) is 64.2 Å². The smallest absolute Gasteiger partial charge is 0.312 e. The van der Waals surface area contributed by atoms with Gasteiger partial charge in [0, 0.05) is 47.3 Å². The molecule has 0 aromatic carbocycles. The first-order chi connectivity index (χ1) is 53.4. The fourth-order valence-corrected chi connectivity index (χ4v) is 20.4. The largest absolute Gasteiger partial charge is 0.469 e. The minimum absolute atomic E-state index is 0.0313. The predicted molar refractivity (Wildman–Crippen MR) is 393 cm³/mol. The maximum absolute atomic E-state index is 12.8. The van der Waals surface area contributed by atoms with Crippen LogP contribution in [0.2, 0.25) is 0 Å². The number of esters is 14. The van der Waals surface area contributed by atoms with Gasteiger partial charge in [0.15, 0.2) is 12.2 Å². The van der Waals surface area contributed by atoms with E-state index in [0.717, 1.165) is 25.7 Å². The van der Waals surface area contributed by atoms with Crippen LogP contribution < -0.4 is 0 Å². The minimum atomic E-state index is -0.628. The van der Waals surface area contributed by atoms with Crippen molar-refractivity contribution in [1.82, 2.24) is 0 Å². The van der Waals surface area contributed by atoms with Gasteiger partial charge in [-0.05, 0) is 187 Å². The predicted octanol–water partition coefficient (Wildman–Crippen LogP) is 9.18. The average molecular weight is 1610 g/mol. The monoisotopic (exact) mass is 1600 g/mol. The highest BCUT2D eigenvalue weighted by molar-refractivity contribution is 5.90. The second-order valence-corrected chi connectivity index (χ2v) is 38.6. The van der Waals surface area contributed by atoms with Crippen LogP contribution in [-0.2, 0) is 138 Å². The summed E-state index contributed by atoms with van der Waals surface area (Å²) in [7, 11) is 1.31. The SMILES string of the molecule is CCC(C)(C)C(=O)OC1C2CC3C(=O)OC1C3O2.CCC(C)(C)C(=O)OC1C2CC3C1OC(=O)C3C2C(=O)OC.CCC(C)(C)C(=O)OC1C2CC3C1OC(=O)C3C2C(=O)OC(C)(C)C.CCC(C)(C)C(=O)OC1C2CC3C1OC(=O)C3C2C(=O)OC1CCCC1.CCOC(=O)C1C2CC3C(OC(=O)C31)C2OC(=O)C(C)(C)CC. The fourth-order valence-electron chi connectivity index (χ4n) is 20.4. The standard InChI is InChI=1S/C20H28O6.C19H28O6.C17H24O6.C16H22O6.C13H18O5/c1-4-20(2,3)19(23)26-16-12-9-11-14(18(22)25-15(11)16)13(12)17(21)24-10-7-5-6-8-10;1-7-19(5,6)17(22)24-14-10-8-9-11(15(20)23-13(9)14)12(10)16(21)25-18(2,3)4;1-5-17(3,4)16(20)23-13-8-7-9-11(15(19)22-12(9)13)10(8)14(18)21-6-2;1-5-16(2,3)15(19)22-12-7-6-8-10(9(7)13(17)20-4)14(18)21-11(8)12;1-4-13(2,3)12(15)18-9-7-5-6-8(16-7)10(9)17-11(6)14/h10-16H,4-9H2,1-3H3;9-14H,7-8H2,1-6H3;8-13H,5-7H2,1-4H3;7-12H,5-6H2,1-4H3;6-10H,4-5H2,1-3H3. The van der Waals surface area contributed by atoms with Crippen molar-refractivity contribution in [3.8, 4) is 0 Å². The number of hydrogen-bond donors (Lipinski definition) is 0. The molecule has 0 amide bonds. The van der Waals surface area contributed by atoms with Crippen LogP contribution >= 0.6 is 0 Å². The van der Waals surface area contributed by atoms with Gasteiger partial charge in [-0.25, -0.2) is 0 Å². The Kier molecular flexibility index (Phi) is 23.9. The number of hydrogen-bond acceptors (Lipinski definition) is 29. The van der Waals surface area contributed by atoms with E-state index in [9.17, 15) is 67.1 Å². The molecule has 16 aliphatic rings. The Morgan fingerprint density at radius 2 is 0.640 bits per heavy atom. The maximum Gasteiger partial charge on any atom is 0.312 e. The van der Waals surface area contributed by atoms with Crippen molar-refractivity contribution >= 4 is 83.6 Å². The number of carbonyl (C=O) groups excluding carboxylic acids is 14. The summed E-state index contributed by atoms with van der Waals surface area (Å²) in [5, 5.41) is 0. The third-order valence-corrected chi connectivity index (χ3v) is 28.9. The average Bonchev–Trinajstić information content (AvgIpc) is 1.57. The van der Waals surface area contributed by atoms with E-state index in [-0.39, 0.29) is 150 Å². The lowest BCUT2D eigenvalue weighted by molar-refractivity contribution is -0.176. The van der Waals surface area contributed by atoms with Crippen molar-refractivity contribution in [2.45, 2.75) is 306 Å². The molecule has 29 nitrogen and oxygen atoms in total. The molecule has 114 heavy (non-hydrogen) atoms. The Labute approximate surface area is 666 Å². The molecule has 634 valence electrons. The zero-order valence-corrected chi connectivity index (χ0v) is 69.8. The number of carbonyl (C=O) groups is 14. The van der Waals surface area contributed by atoms with Crippen LogP contribution in [-0.4, -0.2) is 182 Å². The molecule has 0 N–H and O–H groups in total. The number of ether oxygens (including phenoxy) is 15. The van der Waals surface area contributed by atoms with Crippen molar-refractivity contribution in [3.63, 3.8) is 0 Å². The first-order valence-corrected chi connectivity index (χ1v) is 41.8. The van der Waals surface area contributed by atoms with E-state index in [1.807, 2.05) is 104 Å². The third kappa shape index (κ3) is 15.3. The molecule has 0 aromatic rings. The lowest BCUT2D eigenvalue weighted by Crippen LogP contribution is -2.46. The molecule has 29 heteroatoms. The molecule has 9 aliphatic carbocycles. The molecule has 10 bridgehead atoms. The van der Waals surface area contributed by atoms with Crippen LogP contribution in [0.4, 0.5) is 0 Å². The van der Waals surface area contributed by atoms with Crippen molar-refractivity contribution in [1.29, 1.82) is 0 Å². The normalized spacial score (nSPS) is 38.3. The van der Waals surface area contributed by atoms with E-state index in [2.05, 4.69) is 0 Å². The molecule has 0 aromatic heterocycles. The van der Waals surface area contributed by atoms with Crippen LogP contribution in [0.1, 0.15) is 221 Å². The highest BCUT2D eigenvalue weighted by Crippen LogP contribution is 2.64. The quantitative estimate of drug-likeness (QED) is 0.0763. The van der Waals surface area contributed by atoms with Crippen molar-refractivity contribution in [2.24, 2.45) is 128 Å². The zero-order valence-electron chi connectivity index (χ0n) is 69.8. The zero-order chi connectivity index (χ0) is 83.6. The molecule has 29 atom stereocenters. The third-order valence-electron chi connectivity index (χ3n) is 28.9. The fraction of sp³-hybridized carbons (Fsp3) is 0.835. The van der Waals surface area contributed by atoms with Gasteiger partial charge in [0.05, 0.1) is 100 Å². The molecule has 7 heterocycles. The van der Waals surface area contributed by atoms with Crippen molar-refractivity contribution in [2.75, 3.05) is 13.7 Å². The molecular weight excluding hydrogens is 1480 g/mol. The van der Waals surface area contributed by atoms with Gasteiger partial charge >= 0.3 is 83.6 Å². The van der Waals surface area contributed by atoms with Crippen LogP contribution in [0.15, 0.2) is 0 Å². The second-order valence-electron chi connectivity index (χ2n) is 38.6. The Hall–Kier alpha value is -7.46. The van der Waals surface area contributed by atoms with Crippen molar-refractivity contribution < 1.29 is 138 Å². The summed E-state index contributed by atoms with van der Waals surface area (Å²) in [5.74, 6) is -9.58. The Bertz CT molecular complexity index is 3800. The number of methoxy groups -OCH3 is 1. The van der Waals surface area contributed by atoms with Gasteiger partial charge in [0.25, 0.3) is 0 Å². The highest BCUT2D eigenvalue weighted by Gasteiger charge is 2.75. The first-order valence-electron chi connectivity index (χ1n) is 41.8. The van der Waals surface area contributed by atoms with Gasteiger partial charge in [-0.15, -0.1) is 0 Å². The topological polar surface area (TPSA) is 377 Å². The van der Waals surface area contributed by atoms with Gasteiger partial charge in [-0.3, -0.25) is 67.1 Å². The van der Waals surface area contributed by atoms with Crippen LogP contribution in [0.25, 0.3) is 0 Å². The summed E-state index contributed by atoms with van der Waals surface area (Å²) < 4.78 is 82.5. The molecular formula is C85H120O29. The maximum atomic E-state index is 12.8. The Balaban J connectivity index is 0.000000132.